The van der Waals surface area contributed by atoms with Gasteiger partial charge in [0, 0.05) is 0 Å². The second-order valence-corrected chi connectivity index (χ2v) is 3.43. The lowest BCUT2D eigenvalue weighted by atomic mass is 10.2. The molecule has 0 bridgehead atoms. The van der Waals surface area contributed by atoms with Crippen LogP contribution in [0.5, 0.6) is 0 Å². The minimum atomic E-state index is -0.0675. The maximum Gasteiger partial charge on any atom is 0.147 e. The molecule has 0 amide bonds. The summed E-state index contributed by atoms with van der Waals surface area (Å²) in [5.74, 6) is 0. The van der Waals surface area contributed by atoms with Crippen molar-refractivity contribution in [2.24, 2.45) is 0 Å². The van der Waals surface area contributed by atoms with Crippen molar-refractivity contribution in [3.63, 3.8) is 0 Å². The van der Waals surface area contributed by atoms with Crippen molar-refractivity contribution in [1.29, 1.82) is 0 Å². The molecule has 0 spiro atoms. The maximum absolute atomic E-state index is 5.36. The van der Waals surface area contributed by atoms with E-state index in [1.807, 2.05) is 24.3 Å². The lowest BCUT2D eigenvalue weighted by Crippen LogP contribution is -2.03. The van der Waals surface area contributed by atoms with E-state index in [4.69, 9.17) is 9.47 Å². The average molecular weight is 202 g/mol. The Kier molecular flexibility index (Phi) is 2.08. The van der Waals surface area contributed by atoms with Crippen molar-refractivity contribution in [1.82, 2.24) is 9.97 Å². The van der Waals surface area contributed by atoms with Crippen molar-refractivity contribution in [3.8, 4) is 0 Å². The summed E-state index contributed by atoms with van der Waals surface area (Å²) >= 11 is 0. The van der Waals surface area contributed by atoms with Crippen LogP contribution in [0.2, 0.25) is 0 Å². The van der Waals surface area contributed by atoms with Crippen molar-refractivity contribution in [2.45, 2.75) is 6.10 Å². The minimum absolute atomic E-state index is 0.0675. The smallest absolute Gasteiger partial charge is 0.147 e. The number of nitrogens with zero attached hydrogens (tertiary/aromatic N) is 2. The Morgan fingerprint density at radius 3 is 2.87 bits per heavy atom. The van der Waals surface area contributed by atoms with Gasteiger partial charge >= 0.3 is 0 Å². The Labute approximate surface area is 86.9 Å². The molecule has 0 radical (unpaired) electrons. The van der Waals surface area contributed by atoms with E-state index in [9.17, 15) is 0 Å². The molecule has 3 rings (SSSR count). The van der Waals surface area contributed by atoms with E-state index in [1.165, 1.54) is 0 Å². The minimum Gasteiger partial charge on any atom is -0.352 e. The van der Waals surface area contributed by atoms with Gasteiger partial charge in [-0.3, -0.25) is 4.98 Å². The van der Waals surface area contributed by atoms with Crippen LogP contribution >= 0.6 is 0 Å². The summed E-state index contributed by atoms with van der Waals surface area (Å²) < 4.78 is 10.5. The fraction of sp³-hybridized carbons (Fsp3) is 0.273. The highest BCUT2D eigenvalue weighted by molar-refractivity contribution is 5.73. The SMILES string of the molecule is c1ccc2nc(C3COCO3)cnc2c1. The average Bonchev–Trinajstić information content (AvgIpc) is 2.82. The first-order chi connectivity index (χ1) is 7.43. The Morgan fingerprint density at radius 1 is 1.20 bits per heavy atom. The highest BCUT2D eigenvalue weighted by atomic mass is 16.7. The predicted octanol–water partition coefficient (Wildman–Crippen LogP) is 1.68. The number of benzene rings is 1. The molecule has 1 aromatic heterocycles. The summed E-state index contributed by atoms with van der Waals surface area (Å²) in [6.07, 6.45) is 1.68. The van der Waals surface area contributed by atoms with Crippen molar-refractivity contribution < 1.29 is 9.47 Å². The van der Waals surface area contributed by atoms with Gasteiger partial charge in [0.15, 0.2) is 0 Å². The van der Waals surface area contributed by atoms with Gasteiger partial charge in [0.25, 0.3) is 0 Å². The third-order valence-corrected chi connectivity index (χ3v) is 2.42. The van der Waals surface area contributed by atoms with Crippen LogP contribution in [0.3, 0.4) is 0 Å². The zero-order chi connectivity index (χ0) is 10.1. The van der Waals surface area contributed by atoms with Crippen LogP contribution in [0.4, 0.5) is 0 Å². The normalized spacial score (nSPS) is 20.9. The highest BCUT2D eigenvalue weighted by Gasteiger charge is 2.20. The monoisotopic (exact) mass is 202 g/mol. The van der Waals surface area contributed by atoms with E-state index in [0.717, 1.165) is 16.7 Å². The Balaban J connectivity index is 2.05. The van der Waals surface area contributed by atoms with E-state index >= 15 is 0 Å². The predicted molar refractivity (Wildman–Crippen MR) is 54.2 cm³/mol. The quantitative estimate of drug-likeness (QED) is 0.705. The fourth-order valence-corrected chi connectivity index (χ4v) is 1.63. The molecule has 1 unspecified atom stereocenters. The molecule has 0 aliphatic carbocycles. The number of fused-ring (bicyclic) bond motifs is 1. The fourth-order valence-electron chi connectivity index (χ4n) is 1.63. The van der Waals surface area contributed by atoms with Crippen LogP contribution in [0.1, 0.15) is 11.8 Å². The standard InChI is InChI=1S/C11H10N2O2/c1-2-4-9-8(3-1)12-5-10(13-9)11-6-14-7-15-11/h1-5,11H,6-7H2. The van der Waals surface area contributed by atoms with Gasteiger partial charge in [-0.1, -0.05) is 12.1 Å². The van der Waals surface area contributed by atoms with Gasteiger partial charge in [0.2, 0.25) is 0 Å². The molecule has 2 aromatic rings. The largest absolute Gasteiger partial charge is 0.352 e. The summed E-state index contributed by atoms with van der Waals surface area (Å²) in [6, 6.07) is 7.79. The van der Waals surface area contributed by atoms with Crippen LogP contribution in [-0.2, 0) is 9.47 Å². The summed E-state index contributed by atoms with van der Waals surface area (Å²) in [4.78, 5) is 8.82. The summed E-state index contributed by atoms with van der Waals surface area (Å²) in [6.45, 7) is 0.909. The number of aromatic nitrogens is 2. The molecule has 1 aliphatic heterocycles. The molecule has 2 heterocycles. The van der Waals surface area contributed by atoms with Crippen LogP contribution in [-0.4, -0.2) is 23.4 Å². The second kappa shape index (κ2) is 3.56. The van der Waals surface area contributed by atoms with E-state index < -0.39 is 0 Å². The zero-order valence-electron chi connectivity index (χ0n) is 8.09. The van der Waals surface area contributed by atoms with E-state index in [-0.39, 0.29) is 6.10 Å². The van der Waals surface area contributed by atoms with Crippen molar-refractivity contribution in [3.05, 3.63) is 36.2 Å². The zero-order valence-corrected chi connectivity index (χ0v) is 8.09. The summed E-state index contributed by atoms with van der Waals surface area (Å²) in [5, 5.41) is 0. The molecule has 1 aliphatic rings. The van der Waals surface area contributed by atoms with E-state index in [0.29, 0.717) is 13.4 Å². The molecule has 1 aromatic carbocycles. The Bertz CT molecular complexity index is 481. The van der Waals surface area contributed by atoms with E-state index in [2.05, 4.69) is 9.97 Å². The molecule has 1 fully saturated rings. The molecular weight excluding hydrogens is 192 g/mol. The van der Waals surface area contributed by atoms with Gasteiger partial charge in [-0.15, -0.1) is 0 Å². The second-order valence-electron chi connectivity index (χ2n) is 3.43. The first kappa shape index (κ1) is 8.76. The molecule has 1 saturated heterocycles. The van der Waals surface area contributed by atoms with Crippen LogP contribution in [0.25, 0.3) is 11.0 Å². The van der Waals surface area contributed by atoms with Crippen molar-refractivity contribution in [2.75, 3.05) is 13.4 Å². The third kappa shape index (κ3) is 1.58. The maximum atomic E-state index is 5.36. The molecular formula is C11H10N2O2. The summed E-state index contributed by atoms with van der Waals surface area (Å²) in [5.41, 5.74) is 2.64. The Hall–Kier alpha value is -1.52. The number of ether oxygens (including phenoxy) is 2. The van der Waals surface area contributed by atoms with Gasteiger partial charge in [-0.25, -0.2) is 4.98 Å². The first-order valence-electron chi connectivity index (χ1n) is 4.84. The lowest BCUT2D eigenvalue weighted by molar-refractivity contribution is 0.0455. The lowest BCUT2D eigenvalue weighted by Gasteiger charge is -2.06. The van der Waals surface area contributed by atoms with E-state index in [1.54, 1.807) is 6.20 Å². The van der Waals surface area contributed by atoms with Crippen LogP contribution in [0.15, 0.2) is 30.5 Å². The van der Waals surface area contributed by atoms with Crippen LogP contribution in [0, 0.1) is 0 Å². The number of hydrogen-bond donors (Lipinski definition) is 0. The number of rotatable bonds is 1. The van der Waals surface area contributed by atoms with Gasteiger partial charge in [-0.2, -0.15) is 0 Å². The first-order valence-corrected chi connectivity index (χ1v) is 4.84. The molecule has 4 heteroatoms. The van der Waals surface area contributed by atoms with Gasteiger partial charge in [-0.05, 0) is 12.1 Å². The molecule has 0 saturated carbocycles. The molecule has 0 N–H and O–H groups in total. The molecule has 1 atom stereocenters. The van der Waals surface area contributed by atoms with Crippen molar-refractivity contribution >= 4 is 11.0 Å². The topological polar surface area (TPSA) is 44.2 Å². The van der Waals surface area contributed by atoms with Crippen LogP contribution < -0.4 is 0 Å². The number of para-hydroxylation sites is 2. The van der Waals surface area contributed by atoms with Gasteiger partial charge in [0.05, 0.1) is 29.5 Å². The molecule has 15 heavy (non-hydrogen) atoms. The highest BCUT2D eigenvalue weighted by Crippen LogP contribution is 2.21. The number of hydrogen-bond acceptors (Lipinski definition) is 4. The van der Waals surface area contributed by atoms with Gasteiger partial charge < -0.3 is 9.47 Å². The third-order valence-electron chi connectivity index (χ3n) is 2.42. The Morgan fingerprint density at radius 2 is 2.07 bits per heavy atom. The molecule has 76 valence electrons. The van der Waals surface area contributed by atoms with Gasteiger partial charge in [0.1, 0.15) is 12.9 Å². The summed E-state index contributed by atoms with van der Waals surface area (Å²) in [7, 11) is 0. The molecule has 4 nitrogen and oxygen atoms in total.